The highest BCUT2D eigenvalue weighted by Gasteiger charge is 2.07. The Morgan fingerprint density at radius 3 is 2.73 bits per heavy atom. The van der Waals surface area contributed by atoms with E-state index in [-0.39, 0.29) is 5.78 Å². The molecule has 0 bridgehead atoms. The third-order valence-electron chi connectivity index (χ3n) is 2.15. The Hall–Kier alpha value is -0.670. The van der Waals surface area contributed by atoms with E-state index in [4.69, 9.17) is 0 Å². The largest absolute Gasteiger partial charge is 0.315 e. The van der Waals surface area contributed by atoms with Crippen LogP contribution in [0.4, 0.5) is 0 Å². The van der Waals surface area contributed by atoms with E-state index in [2.05, 4.69) is 19.2 Å². The molecule has 1 aromatic rings. The molecule has 15 heavy (non-hydrogen) atoms. The normalized spacial score (nSPS) is 10.9. The Balaban J connectivity index is 2.25. The molecule has 0 aromatic carbocycles. The number of ketones is 1. The van der Waals surface area contributed by atoms with Crippen LogP contribution in [0.1, 0.15) is 41.2 Å². The van der Waals surface area contributed by atoms with Gasteiger partial charge in [0.15, 0.2) is 5.78 Å². The van der Waals surface area contributed by atoms with Crippen LogP contribution in [0.5, 0.6) is 0 Å². The second-order valence-electron chi connectivity index (χ2n) is 4.05. The molecule has 1 rings (SSSR count). The summed E-state index contributed by atoms with van der Waals surface area (Å²) in [7, 11) is 0. The van der Waals surface area contributed by atoms with Crippen molar-refractivity contribution in [1.82, 2.24) is 5.32 Å². The minimum atomic E-state index is 0.277. The number of thiophene rings is 1. The van der Waals surface area contributed by atoms with E-state index in [0.29, 0.717) is 12.5 Å². The highest BCUT2D eigenvalue weighted by atomic mass is 32.1. The molecule has 0 radical (unpaired) electrons. The molecule has 0 saturated heterocycles. The molecule has 2 nitrogen and oxygen atoms in total. The standard InChI is InChI=1S/C12H19NOS/c1-9(2)13-8-4-5-11(14)12-7-6-10(3)15-12/h6-7,9,13H,4-5,8H2,1-3H3. The lowest BCUT2D eigenvalue weighted by atomic mass is 10.2. The number of rotatable bonds is 6. The van der Waals surface area contributed by atoms with Gasteiger partial charge in [0.25, 0.3) is 0 Å². The summed E-state index contributed by atoms with van der Waals surface area (Å²) in [5, 5.41) is 3.31. The van der Waals surface area contributed by atoms with Crippen molar-refractivity contribution in [3.05, 3.63) is 21.9 Å². The fourth-order valence-electron chi connectivity index (χ4n) is 1.35. The van der Waals surface area contributed by atoms with Crippen molar-refractivity contribution in [3.8, 4) is 0 Å². The number of hydrogen-bond acceptors (Lipinski definition) is 3. The van der Waals surface area contributed by atoms with Crippen LogP contribution in [0, 0.1) is 6.92 Å². The van der Waals surface area contributed by atoms with Crippen LogP contribution >= 0.6 is 11.3 Å². The summed E-state index contributed by atoms with van der Waals surface area (Å²) in [6.07, 6.45) is 1.58. The quantitative estimate of drug-likeness (QED) is 0.595. The highest BCUT2D eigenvalue weighted by molar-refractivity contribution is 7.14. The molecule has 0 saturated carbocycles. The smallest absolute Gasteiger partial charge is 0.172 e. The number of aryl methyl sites for hydroxylation is 1. The van der Waals surface area contributed by atoms with Crippen molar-refractivity contribution in [3.63, 3.8) is 0 Å². The summed E-state index contributed by atoms with van der Waals surface area (Å²) in [5.41, 5.74) is 0. The van der Waals surface area contributed by atoms with Gasteiger partial charge < -0.3 is 5.32 Å². The van der Waals surface area contributed by atoms with Crippen LogP contribution in [-0.2, 0) is 0 Å². The average molecular weight is 225 g/mol. The van der Waals surface area contributed by atoms with Gasteiger partial charge >= 0.3 is 0 Å². The zero-order valence-electron chi connectivity index (χ0n) is 9.67. The van der Waals surface area contributed by atoms with Crippen molar-refractivity contribution in [2.24, 2.45) is 0 Å². The maximum absolute atomic E-state index is 11.7. The van der Waals surface area contributed by atoms with Crippen LogP contribution in [0.15, 0.2) is 12.1 Å². The van der Waals surface area contributed by atoms with Crippen molar-refractivity contribution < 1.29 is 4.79 Å². The van der Waals surface area contributed by atoms with Crippen molar-refractivity contribution in [2.45, 2.75) is 39.7 Å². The summed E-state index contributed by atoms with van der Waals surface area (Å²) in [6.45, 7) is 7.18. The molecule has 0 amide bonds. The lowest BCUT2D eigenvalue weighted by molar-refractivity contribution is 0.0983. The molecule has 0 atom stereocenters. The Bertz CT molecular complexity index is 317. The first-order valence-corrected chi connectivity index (χ1v) is 6.24. The van der Waals surface area contributed by atoms with E-state index >= 15 is 0 Å². The first kappa shape index (κ1) is 12.4. The molecule has 0 unspecified atom stereocenters. The average Bonchev–Trinajstić information content (AvgIpc) is 2.59. The minimum absolute atomic E-state index is 0.277. The maximum Gasteiger partial charge on any atom is 0.172 e. The third-order valence-corrected chi connectivity index (χ3v) is 3.19. The summed E-state index contributed by atoms with van der Waals surface area (Å²) < 4.78 is 0. The summed E-state index contributed by atoms with van der Waals surface area (Å²) in [5.74, 6) is 0.277. The van der Waals surface area contributed by atoms with Gasteiger partial charge in [0.05, 0.1) is 4.88 Å². The van der Waals surface area contributed by atoms with Crippen LogP contribution in [0.25, 0.3) is 0 Å². The van der Waals surface area contributed by atoms with E-state index < -0.39 is 0 Å². The molecule has 84 valence electrons. The molecule has 1 N–H and O–H groups in total. The van der Waals surface area contributed by atoms with Crippen molar-refractivity contribution in [2.75, 3.05) is 6.54 Å². The SMILES string of the molecule is Cc1ccc(C(=O)CCCNC(C)C)s1. The maximum atomic E-state index is 11.7. The molecule has 0 fully saturated rings. The Labute approximate surface area is 95.7 Å². The van der Waals surface area contributed by atoms with Crippen LogP contribution in [0.2, 0.25) is 0 Å². The fourth-order valence-corrected chi connectivity index (χ4v) is 2.18. The second kappa shape index (κ2) is 6.03. The molecule has 0 aliphatic rings. The van der Waals surface area contributed by atoms with E-state index in [1.807, 2.05) is 19.1 Å². The van der Waals surface area contributed by atoms with Crippen molar-refractivity contribution >= 4 is 17.1 Å². The molecule has 0 aliphatic carbocycles. The van der Waals surface area contributed by atoms with Crippen LogP contribution in [-0.4, -0.2) is 18.4 Å². The number of carbonyl (C=O) groups excluding carboxylic acids is 1. The summed E-state index contributed by atoms with van der Waals surface area (Å²) >= 11 is 1.59. The lowest BCUT2D eigenvalue weighted by Gasteiger charge is -2.06. The fraction of sp³-hybridized carbons (Fsp3) is 0.583. The van der Waals surface area contributed by atoms with Gasteiger partial charge in [-0.05, 0) is 32.0 Å². The molecular weight excluding hydrogens is 206 g/mol. The predicted octanol–water partition coefficient (Wildman–Crippen LogP) is 3.02. The van der Waals surface area contributed by atoms with Gasteiger partial charge in [0, 0.05) is 17.3 Å². The van der Waals surface area contributed by atoms with Gasteiger partial charge in [-0.15, -0.1) is 11.3 Å². The van der Waals surface area contributed by atoms with E-state index in [1.54, 1.807) is 11.3 Å². The number of Topliss-reactive ketones (excluding diaryl/α,β-unsaturated/α-hetero) is 1. The predicted molar refractivity (Wildman–Crippen MR) is 65.8 cm³/mol. The summed E-state index contributed by atoms with van der Waals surface area (Å²) in [6, 6.07) is 4.44. The van der Waals surface area contributed by atoms with Gasteiger partial charge in [0.1, 0.15) is 0 Å². The van der Waals surface area contributed by atoms with Crippen molar-refractivity contribution in [1.29, 1.82) is 0 Å². The zero-order chi connectivity index (χ0) is 11.3. The van der Waals surface area contributed by atoms with E-state index in [0.717, 1.165) is 17.8 Å². The number of hydrogen-bond donors (Lipinski definition) is 1. The van der Waals surface area contributed by atoms with E-state index in [1.165, 1.54) is 4.88 Å². The number of carbonyl (C=O) groups is 1. The van der Waals surface area contributed by atoms with Gasteiger partial charge in [0.2, 0.25) is 0 Å². The molecule has 3 heteroatoms. The van der Waals surface area contributed by atoms with Gasteiger partial charge in [-0.2, -0.15) is 0 Å². The molecule has 0 spiro atoms. The molecule has 1 heterocycles. The topological polar surface area (TPSA) is 29.1 Å². The van der Waals surface area contributed by atoms with Crippen LogP contribution < -0.4 is 5.32 Å². The molecular formula is C12H19NOS. The molecule has 0 aliphatic heterocycles. The van der Waals surface area contributed by atoms with Gasteiger partial charge in [-0.1, -0.05) is 13.8 Å². The number of nitrogens with one attached hydrogen (secondary N) is 1. The van der Waals surface area contributed by atoms with Gasteiger partial charge in [-0.25, -0.2) is 0 Å². The van der Waals surface area contributed by atoms with Gasteiger partial charge in [-0.3, -0.25) is 4.79 Å². The molecule has 1 aromatic heterocycles. The van der Waals surface area contributed by atoms with E-state index in [9.17, 15) is 4.79 Å². The first-order valence-electron chi connectivity index (χ1n) is 5.42. The second-order valence-corrected chi connectivity index (χ2v) is 5.33. The van der Waals surface area contributed by atoms with Crippen LogP contribution in [0.3, 0.4) is 0 Å². The summed E-state index contributed by atoms with van der Waals surface area (Å²) in [4.78, 5) is 13.8. The Morgan fingerprint density at radius 1 is 1.47 bits per heavy atom. The highest BCUT2D eigenvalue weighted by Crippen LogP contribution is 2.17. The third kappa shape index (κ3) is 4.58. The Kier molecular flexibility index (Phi) is 4.99. The lowest BCUT2D eigenvalue weighted by Crippen LogP contribution is -2.24. The Morgan fingerprint density at radius 2 is 2.20 bits per heavy atom. The monoisotopic (exact) mass is 225 g/mol. The minimum Gasteiger partial charge on any atom is -0.315 e. The first-order chi connectivity index (χ1) is 7.09. The zero-order valence-corrected chi connectivity index (χ0v) is 10.5.